The van der Waals surface area contributed by atoms with Crippen LogP contribution in [0.1, 0.15) is 41.0 Å². The molecule has 1 aliphatic heterocycles. The van der Waals surface area contributed by atoms with E-state index >= 15 is 0 Å². The third-order valence-electron chi connectivity index (χ3n) is 4.96. The molecule has 9 heteroatoms. The third-order valence-corrected chi connectivity index (χ3v) is 6.80. The summed E-state index contributed by atoms with van der Waals surface area (Å²) in [6.07, 6.45) is -3.80. The first kappa shape index (κ1) is 21.0. The number of carbonyl (C=O) groups is 1. The fraction of sp³-hybridized carbons (Fsp3) is 0.421. The number of rotatable bonds is 4. The first-order valence-corrected chi connectivity index (χ1v) is 10.4. The number of carboxylic acid groups (broad SMARTS) is 1. The number of halogens is 4. The Labute approximate surface area is 173 Å². The molecule has 0 aliphatic carbocycles. The molecule has 0 unspecified atom stereocenters. The van der Waals surface area contributed by atoms with Crippen LogP contribution in [0.15, 0.2) is 27.4 Å². The number of hydrogen-bond donors (Lipinski definition) is 1. The number of alkyl halides is 3. The summed E-state index contributed by atoms with van der Waals surface area (Å²) in [4.78, 5) is 12.4. The number of benzene rings is 1. The maximum absolute atomic E-state index is 13.1. The summed E-state index contributed by atoms with van der Waals surface area (Å²) in [6.45, 7) is 2.70. The van der Waals surface area contributed by atoms with Gasteiger partial charge in [-0.15, -0.1) is 11.3 Å². The Morgan fingerprint density at radius 3 is 2.61 bits per heavy atom. The average Bonchev–Trinajstić information content (AvgIpc) is 3.01. The number of amides is 1. The molecule has 0 saturated carbocycles. The van der Waals surface area contributed by atoms with Gasteiger partial charge in [0.1, 0.15) is 12.4 Å². The molecule has 1 aromatic heterocycles. The molecule has 1 amide bonds. The maximum atomic E-state index is 13.1. The second kappa shape index (κ2) is 8.32. The largest absolute Gasteiger partial charge is 0.489 e. The van der Waals surface area contributed by atoms with E-state index in [9.17, 15) is 18.0 Å². The van der Waals surface area contributed by atoms with Gasteiger partial charge in [-0.25, -0.2) is 4.79 Å². The van der Waals surface area contributed by atoms with Crippen molar-refractivity contribution in [2.24, 2.45) is 0 Å². The number of aryl methyl sites for hydroxylation is 1. The molecule has 3 rings (SSSR count). The van der Waals surface area contributed by atoms with Crippen molar-refractivity contribution in [3.05, 3.63) is 49.6 Å². The Kier molecular flexibility index (Phi) is 6.24. The average molecular weight is 478 g/mol. The molecule has 4 nitrogen and oxygen atoms in total. The Morgan fingerprint density at radius 2 is 2.04 bits per heavy atom. The quantitative estimate of drug-likeness (QED) is 0.563. The van der Waals surface area contributed by atoms with E-state index in [1.54, 1.807) is 6.07 Å². The van der Waals surface area contributed by atoms with Crippen molar-refractivity contribution < 1.29 is 27.8 Å². The second-order valence-electron chi connectivity index (χ2n) is 6.76. The lowest BCUT2D eigenvalue weighted by atomic mass is 9.88. The van der Waals surface area contributed by atoms with Crippen LogP contribution in [0.2, 0.25) is 0 Å². The van der Waals surface area contributed by atoms with Gasteiger partial charge >= 0.3 is 12.3 Å². The number of ether oxygens (including phenoxy) is 1. The van der Waals surface area contributed by atoms with E-state index in [1.165, 1.54) is 4.90 Å². The fourth-order valence-corrected chi connectivity index (χ4v) is 4.79. The molecule has 2 heterocycles. The van der Waals surface area contributed by atoms with Gasteiger partial charge in [0.05, 0.1) is 9.35 Å². The van der Waals surface area contributed by atoms with Crippen LogP contribution in [0.5, 0.6) is 5.75 Å². The van der Waals surface area contributed by atoms with E-state index in [1.807, 2.05) is 19.1 Å². The first-order valence-electron chi connectivity index (χ1n) is 8.71. The monoisotopic (exact) mass is 477 g/mol. The van der Waals surface area contributed by atoms with Crippen molar-refractivity contribution in [1.82, 2.24) is 4.90 Å². The van der Waals surface area contributed by atoms with Gasteiger partial charge < -0.3 is 14.7 Å². The molecular weight excluding hydrogens is 459 g/mol. The predicted molar refractivity (Wildman–Crippen MR) is 104 cm³/mol. The highest BCUT2D eigenvalue weighted by molar-refractivity contribution is 9.11. The third kappa shape index (κ3) is 4.63. The van der Waals surface area contributed by atoms with Crippen LogP contribution in [-0.4, -0.2) is 29.2 Å². The van der Waals surface area contributed by atoms with E-state index < -0.39 is 17.8 Å². The lowest BCUT2D eigenvalue weighted by Gasteiger charge is -2.30. The van der Waals surface area contributed by atoms with Gasteiger partial charge in [-0.2, -0.15) is 13.2 Å². The van der Waals surface area contributed by atoms with Crippen molar-refractivity contribution in [3.63, 3.8) is 0 Å². The van der Waals surface area contributed by atoms with Gasteiger partial charge in [0.2, 0.25) is 0 Å². The van der Waals surface area contributed by atoms with Crippen molar-refractivity contribution >= 4 is 33.4 Å². The minimum atomic E-state index is -4.41. The lowest BCUT2D eigenvalue weighted by molar-refractivity contribution is -0.138. The van der Waals surface area contributed by atoms with Crippen LogP contribution in [0.4, 0.5) is 18.0 Å². The van der Waals surface area contributed by atoms with Crippen LogP contribution in [0, 0.1) is 6.92 Å². The van der Waals surface area contributed by atoms with Crippen molar-refractivity contribution in [1.29, 1.82) is 0 Å². The SMILES string of the molecule is Cc1cc(C2CCN(C(=O)O)CC2)ccc1OCc1c(C(F)(F)F)csc1Br. The molecule has 1 aliphatic rings. The van der Waals surface area contributed by atoms with Crippen LogP contribution >= 0.6 is 27.3 Å². The van der Waals surface area contributed by atoms with E-state index in [0.717, 1.165) is 40.7 Å². The summed E-state index contributed by atoms with van der Waals surface area (Å²) in [5.74, 6) is 0.809. The minimum absolute atomic E-state index is 0.0991. The summed E-state index contributed by atoms with van der Waals surface area (Å²) in [5.41, 5.74) is 1.37. The molecule has 0 radical (unpaired) electrons. The molecule has 0 spiro atoms. The van der Waals surface area contributed by atoms with Gasteiger partial charge in [-0.3, -0.25) is 0 Å². The number of nitrogens with zero attached hydrogens (tertiary/aromatic N) is 1. The predicted octanol–water partition coefficient (Wildman–Crippen LogP) is 6.27. The molecule has 1 N–H and O–H groups in total. The Bertz CT molecular complexity index is 861. The van der Waals surface area contributed by atoms with Crippen LogP contribution < -0.4 is 4.74 Å². The van der Waals surface area contributed by atoms with Gasteiger partial charge in [0.25, 0.3) is 0 Å². The van der Waals surface area contributed by atoms with Gasteiger partial charge in [-0.05, 0) is 58.8 Å². The molecule has 0 bridgehead atoms. The molecule has 2 aromatic rings. The zero-order chi connectivity index (χ0) is 20.5. The van der Waals surface area contributed by atoms with Gasteiger partial charge in [0.15, 0.2) is 0 Å². The zero-order valence-electron chi connectivity index (χ0n) is 15.1. The van der Waals surface area contributed by atoms with E-state index in [4.69, 9.17) is 9.84 Å². The van der Waals surface area contributed by atoms with Gasteiger partial charge in [-0.1, -0.05) is 12.1 Å². The van der Waals surface area contributed by atoms with E-state index in [-0.39, 0.29) is 18.1 Å². The summed E-state index contributed by atoms with van der Waals surface area (Å²) in [6, 6.07) is 5.67. The van der Waals surface area contributed by atoms with Crippen molar-refractivity contribution in [3.8, 4) is 5.75 Å². The molecule has 1 aromatic carbocycles. The normalized spacial score (nSPS) is 15.7. The molecule has 1 fully saturated rings. The van der Waals surface area contributed by atoms with Crippen LogP contribution in [0.3, 0.4) is 0 Å². The highest BCUT2D eigenvalue weighted by Gasteiger charge is 2.35. The fourth-order valence-electron chi connectivity index (χ4n) is 3.37. The number of likely N-dealkylation sites (tertiary alicyclic amines) is 1. The highest BCUT2D eigenvalue weighted by Crippen LogP contribution is 2.40. The second-order valence-corrected chi connectivity index (χ2v) is 8.95. The molecule has 1 saturated heterocycles. The van der Waals surface area contributed by atoms with Crippen molar-refractivity contribution in [2.75, 3.05) is 13.1 Å². The van der Waals surface area contributed by atoms with E-state index in [0.29, 0.717) is 22.6 Å². The first-order chi connectivity index (χ1) is 13.2. The maximum Gasteiger partial charge on any atom is 0.417 e. The topological polar surface area (TPSA) is 49.8 Å². The molecular formula is C19H19BrF3NO3S. The molecule has 0 atom stereocenters. The number of piperidine rings is 1. The zero-order valence-corrected chi connectivity index (χ0v) is 17.5. The summed E-state index contributed by atoms with van der Waals surface area (Å²) >= 11 is 4.16. The highest BCUT2D eigenvalue weighted by atomic mass is 79.9. The summed E-state index contributed by atoms with van der Waals surface area (Å²) < 4.78 is 45.4. The Hall–Kier alpha value is -1.74. The standard InChI is InChI=1S/C19H19BrF3NO3S/c1-11-8-13(12-4-6-24(7-5-12)18(25)26)2-3-16(11)27-9-14-15(19(21,22)23)10-28-17(14)20/h2-3,8,10,12H,4-7,9H2,1H3,(H,25,26). The van der Waals surface area contributed by atoms with Crippen LogP contribution in [0.25, 0.3) is 0 Å². The number of thiophene rings is 1. The van der Waals surface area contributed by atoms with E-state index in [2.05, 4.69) is 15.9 Å². The smallest absolute Gasteiger partial charge is 0.417 e. The van der Waals surface area contributed by atoms with Crippen LogP contribution in [-0.2, 0) is 12.8 Å². The minimum Gasteiger partial charge on any atom is -0.489 e. The number of hydrogen-bond acceptors (Lipinski definition) is 3. The lowest BCUT2D eigenvalue weighted by Crippen LogP contribution is -2.36. The van der Waals surface area contributed by atoms with Gasteiger partial charge in [0, 0.05) is 24.0 Å². The van der Waals surface area contributed by atoms with Crippen molar-refractivity contribution in [2.45, 2.75) is 38.5 Å². The molecule has 152 valence electrons. The molecule has 28 heavy (non-hydrogen) atoms. The Morgan fingerprint density at radius 1 is 1.36 bits per heavy atom. The summed E-state index contributed by atoms with van der Waals surface area (Å²) in [7, 11) is 0. The Balaban J connectivity index is 1.68. The summed E-state index contributed by atoms with van der Waals surface area (Å²) in [5, 5.41) is 10.1.